The molecule has 0 N–H and O–H groups in total. The van der Waals surface area contributed by atoms with Crippen LogP contribution in [0.1, 0.15) is 206 Å². The molecule has 0 saturated heterocycles. The number of hydrogen-bond donors (Lipinski definition) is 0. The van der Waals surface area contributed by atoms with Crippen LogP contribution in [0.25, 0.3) is 0 Å². The molecule has 0 aromatic carbocycles. The van der Waals surface area contributed by atoms with Crippen molar-refractivity contribution in [3.63, 3.8) is 0 Å². The van der Waals surface area contributed by atoms with E-state index in [2.05, 4.69) is 30.2 Å². The van der Waals surface area contributed by atoms with Gasteiger partial charge in [0.15, 0.2) is 0 Å². The van der Waals surface area contributed by atoms with Crippen molar-refractivity contribution < 1.29 is 46.7 Å². The molecule has 0 aliphatic rings. The Labute approximate surface area is 286 Å². The first-order valence-corrected chi connectivity index (χ1v) is 19.6. The van der Waals surface area contributed by atoms with Crippen LogP contribution in [0.5, 0.6) is 0 Å². The molecule has 0 spiro atoms. The predicted molar refractivity (Wildman–Crippen MR) is 178 cm³/mol. The van der Waals surface area contributed by atoms with Gasteiger partial charge in [0.05, 0.1) is 6.61 Å². The van der Waals surface area contributed by atoms with E-state index in [1.807, 2.05) is 0 Å². The zero-order chi connectivity index (χ0) is 30.1. The van der Waals surface area contributed by atoms with Gasteiger partial charge in [0, 0.05) is 5.92 Å². The van der Waals surface area contributed by atoms with Crippen molar-refractivity contribution in [1.82, 2.24) is 0 Å². The van der Waals surface area contributed by atoms with Gasteiger partial charge in [-0.15, -0.1) is 0 Å². The maximum absolute atomic E-state index is 11.0. The number of hydrogen-bond acceptors (Lipinski definition) is 4. The molecule has 0 amide bonds. The zero-order valence-electron chi connectivity index (χ0n) is 28.7. The molecule has 0 aromatic rings. The first kappa shape index (κ1) is 44.7. The smallest absolute Gasteiger partial charge is 0.726 e. The fourth-order valence-electron chi connectivity index (χ4n) is 5.75. The Balaban J connectivity index is 0. The van der Waals surface area contributed by atoms with Crippen molar-refractivity contribution in [3.8, 4) is 0 Å². The van der Waals surface area contributed by atoms with Crippen molar-refractivity contribution in [2.24, 2.45) is 5.92 Å². The fourth-order valence-corrected chi connectivity index (χ4v) is 6.09. The van der Waals surface area contributed by atoms with E-state index >= 15 is 0 Å². The van der Waals surface area contributed by atoms with Gasteiger partial charge in [-0.3, -0.25) is 4.18 Å². The molecule has 246 valence electrons. The summed E-state index contributed by atoms with van der Waals surface area (Å²) in [6.45, 7) is 4.53. The summed E-state index contributed by atoms with van der Waals surface area (Å²) in [5.41, 5.74) is 0. The monoisotopic (exact) mass is 622 g/mol. The molecule has 0 radical (unpaired) electrons. The van der Waals surface area contributed by atoms with E-state index in [0.717, 1.165) is 19.3 Å². The van der Waals surface area contributed by atoms with Crippen LogP contribution in [0.2, 0.25) is 0 Å². The summed E-state index contributed by atoms with van der Waals surface area (Å²) in [6.07, 6.45) is 43.8. The van der Waals surface area contributed by atoms with E-state index in [9.17, 15) is 13.0 Å². The molecule has 1 unspecified atom stereocenters. The maximum Gasteiger partial charge on any atom is 1.00 e. The normalized spacial score (nSPS) is 12.6. The van der Waals surface area contributed by atoms with Crippen LogP contribution in [0.4, 0.5) is 0 Å². The topological polar surface area (TPSA) is 66.4 Å². The minimum atomic E-state index is -4.62. The second kappa shape index (κ2) is 36.1. The quantitative estimate of drug-likeness (QED) is 0.0236. The summed E-state index contributed by atoms with van der Waals surface area (Å²) in [7, 11) is -4.62. The summed E-state index contributed by atoms with van der Waals surface area (Å²) < 4.78 is 37.5. The minimum Gasteiger partial charge on any atom is -0.726 e. The van der Waals surface area contributed by atoms with E-state index in [4.69, 9.17) is 0 Å². The van der Waals surface area contributed by atoms with Crippen LogP contribution in [0.15, 0.2) is 12.2 Å². The van der Waals surface area contributed by atoms with Crippen molar-refractivity contribution in [2.45, 2.75) is 206 Å². The first-order valence-electron chi connectivity index (χ1n) is 18.3. The Morgan fingerprint density at radius 2 is 0.833 bits per heavy atom. The first-order chi connectivity index (χ1) is 20.0. The molecule has 42 heavy (non-hydrogen) atoms. The molecule has 6 heteroatoms. The molecular weight excluding hydrogens is 551 g/mol. The van der Waals surface area contributed by atoms with E-state index in [1.54, 1.807) is 0 Å². The molecule has 0 heterocycles. The van der Waals surface area contributed by atoms with Crippen molar-refractivity contribution in [3.05, 3.63) is 12.2 Å². The third kappa shape index (κ3) is 38.6. The Morgan fingerprint density at radius 1 is 0.524 bits per heavy atom. The van der Waals surface area contributed by atoms with E-state index in [-0.39, 0.29) is 42.1 Å². The van der Waals surface area contributed by atoms with Crippen LogP contribution in [0.3, 0.4) is 0 Å². The summed E-state index contributed by atoms with van der Waals surface area (Å²) in [4.78, 5) is 0. The van der Waals surface area contributed by atoms with Gasteiger partial charge in [0.25, 0.3) is 0 Å². The van der Waals surface area contributed by atoms with Crippen molar-refractivity contribution >= 4 is 10.4 Å². The molecule has 0 fully saturated rings. The van der Waals surface area contributed by atoms with Gasteiger partial charge in [-0.2, -0.15) is 0 Å². The third-order valence-corrected chi connectivity index (χ3v) is 8.91. The molecule has 0 rings (SSSR count). The van der Waals surface area contributed by atoms with Gasteiger partial charge in [-0.25, -0.2) is 8.42 Å². The van der Waals surface area contributed by atoms with E-state index in [1.165, 1.54) is 173 Å². The molecule has 4 nitrogen and oxygen atoms in total. The maximum atomic E-state index is 11.0. The van der Waals surface area contributed by atoms with Gasteiger partial charge >= 0.3 is 29.6 Å². The van der Waals surface area contributed by atoms with Gasteiger partial charge in [0.1, 0.15) is 0 Å². The summed E-state index contributed by atoms with van der Waals surface area (Å²) >= 11 is 0. The molecule has 0 aliphatic heterocycles. The number of allylic oxidation sites excluding steroid dienone is 1. The molecule has 0 aromatic heterocycles. The molecule has 0 saturated carbocycles. The van der Waals surface area contributed by atoms with Crippen LogP contribution < -0.4 is 29.6 Å². The second-order valence-electron chi connectivity index (χ2n) is 12.7. The Morgan fingerprint density at radius 3 is 1.17 bits per heavy atom. The second-order valence-corrected chi connectivity index (χ2v) is 13.7. The fraction of sp³-hybridized carbons (Fsp3) is 0.944. The summed E-state index contributed by atoms with van der Waals surface area (Å²) in [5, 5.41) is 0. The van der Waals surface area contributed by atoms with Crippen LogP contribution >= 0.6 is 0 Å². The average molecular weight is 623 g/mol. The van der Waals surface area contributed by atoms with Gasteiger partial charge in [-0.05, 0) is 19.3 Å². The third-order valence-electron chi connectivity index (χ3n) is 8.49. The number of unbranched alkanes of at least 4 members (excludes halogenated alkanes) is 27. The van der Waals surface area contributed by atoms with Crippen molar-refractivity contribution in [1.29, 1.82) is 0 Å². The molecular formula is C36H71NaO4S. The largest absolute Gasteiger partial charge is 1.00 e. The Bertz CT molecular complexity index is 638. The SMILES string of the molecule is CCCCCCCCCCCCCCCC/C=C/C(CCCCCCCCCCCCCCCC)COS(=O)(=O)[O-].[Na+]. The summed E-state index contributed by atoms with van der Waals surface area (Å²) in [5.74, 6) is 0.0164. The summed E-state index contributed by atoms with van der Waals surface area (Å²) in [6, 6.07) is 0. The predicted octanol–water partition coefficient (Wildman–Crippen LogP) is 9.38. The molecule has 0 aliphatic carbocycles. The zero-order valence-corrected chi connectivity index (χ0v) is 31.5. The number of rotatable bonds is 34. The van der Waals surface area contributed by atoms with Crippen LogP contribution in [0, 0.1) is 5.92 Å². The van der Waals surface area contributed by atoms with Crippen LogP contribution in [-0.4, -0.2) is 19.6 Å². The standard InChI is InChI=1S/C36H72O4S.Na/c1-3-5-7-9-11-13-15-17-19-20-22-24-26-28-30-32-34-36(35-40-41(37,38)39)33-31-29-27-25-23-21-18-16-14-12-10-8-6-4-2;/h32,34,36H,3-31,33,35H2,1-2H3,(H,37,38,39);/q;+1/p-1/b34-32+;. The van der Waals surface area contributed by atoms with Gasteiger partial charge in [0.2, 0.25) is 10.4 Å². The Kier molecular flexibility index (Phi) is 38.4. The average Bonchev–Trinajstić information content (AvgIpc) is 2.94. The molecule has 0 bridgehead atoms. The van der Waals surface area contributed by atoms with Gasteiger partial charge < -0.3 is 4.55 Å². The van der Waals surface area contributed by atoms with Crippen LogP contribution in [-0.2, 0) is 14.6 Å². The molecule has 1 atom stereocenters. The van der Waals surface area contributed by atoms with E-state index < -0.39 is 10.4 Å². The minimum absolute atomic E-state index is 0. The van der Waals surface area contributed by atoms with Gasteiger partial charge in [-0.1, -0.05) is 199 Å². The Hall–Kier alpha value is 0.610. The van der Waals surface area contributed by atoms with E-state index in [0.29, 0.717) is 0 Å². The van der Waals surface area contributed by atoms with Crippen molar-refractivity contribution in [2.75, 3.05) is 6.61 Å².